The summed E-state index contributed by atoms with van der Waals surface area (Å²) >= 11 is 0. The van der Waals surface area contributed by atoms with Crippen molar-refractivity contribution in [3.63, 3.8) is 0 Å². The lowest BCUT2D eigenvalue weighted by molar-refractivity contribution is 0.174. The van der Waals surface area contributed by atoms with Gasteiger partial charge in [-0.2, -0.15) is 0 Å². The second kappa shape index (κ2) is 7.64. The third-order valence-corrected chi connectivity index (χ3v) is 7.35. The van der Waals surface area contributed by atoms with Gasteiger partial charge in [0, 0.05) is 14.1 Å². The predicted octanol–water partition coefficient (Wildman–Crippen LogP) is 4.25. The van der Waals surface area contributed by atoms with E-state index in [4.69, 9.17) is 9.47 Å². The number of nitrogens with one attached hydrogen (secondary N) is 1. The lowest BCUT2D eigenvalue weighted by Gasteiger charge is -2.31. The van der Waals surface area contributed by atoms with Crippen LogP contribution in [0, 0.1) is 6.92 Å². The van der Waals surface area contributed by atoms with Crippen LogP contribution >= 0.6 is 0 Å². The normalized spacial score (nSPS) is 15.4. The van der Waals surface area contributed by atoms with Gasteiger partial charge in [0.2, 0.25) is 6.79 Å². The summed E-state index contributed by atoms with van der Waals surface area (Å²) in [6, 6.07) is 21.6. The fraction of sp³-hybridized carbons (Fsp3) is 0.172. The highest BCUT2D eigenvalue weighted by molar-refractivity contribution is 5.99. The molecule has 0 saturated heterocycles. The third kappa shape index (κ3) is 2.95. The quantitative estimate of drug-likeness (QED) is 0.399. The monoisotopic (exact) mass is 492 g/mol. The number of ether oxygens (including phenoxy) is 2. The zero-order valence-electron chi connectivity index (χ0n) is 20.6. The Hall–Kier alpha value is -4.72. The molecule has 2 aliphatic heterocycles. The third-order valence-electron chi connectivity index (χ3n) is 7.35. The fourth-order valence-corrected chi connectivity index (χ4v) is 5.63. The Bertz CT molecular complexity index is 1880. The van der Waals surface area contributed by atoms with Gasteiger partial charge >= 0.3 is 5.69 Å². The van der Waals surface area contributed by atoms with Gasteiger partial charge in [0.05, 0.1) is 39.7 Å². The average Bonchev–Trinajstić information content (AvgIpc) is 3.53. The summed E-state index contributed by atoms with van der Waals surface area (Å²) in [5, 5.41) is 4.18. The number of aryl methyl sites for hydroxylation is 2. The molecule has 0 unspecified atom stereocenters. The molecule has 0 amide bonds. The fourth-order valence-electron chi connectivity index (χ4n) is 5.63. The molecule has 37 heavy (non-hydrogen) atoms. The molecule has 3 aromatic carbocycles. The first-order valence-corrected chi connectivity index (χ1v) is 12.1. The number of hydrogen-bond acceptors (Lipinski definition) is 5. The van der Waals surface area contributed by atoms with E-state index in [1.54, 1.807) is 11.6 Å². The van der Waals surface area contributed by atoms with Gasteiger partial charge in [-0.3, -0.25) is 13.9 Å². The van der Waals surface area contributed by atoms with E-state index in [1.807, 2.05) is 67.6 Å². The summed E-state index contributed by atoms with van der Waals surface area (Å²) in [4.78, 5) is 27.0. The average molecular weight is 493 g/mol. The molecule has 8 nitrogen and oxygen atoms in total. The van der Waals surface area contributed by atoms with Crippen molar-refractivity contribution in [1.82, 2.24) is 13.7 Å². The molecule has 1 atom stereocenters. The van der Waals surface area contributed by atoms with E-state index in [9.17, 15) is 9.59 Å². The van der Waals surface area contributed by atoms with E-state index < -0.39 is 0 Å². The summed E-state index contributed by atoms with van der Waals surface area (Å²) in [6.45, 7) is 2.21. The van der Waals surface area contributed by atoms with Crippen molar-refractivity contribution >= 4 is 16.6 Å². The van der Waals surface area contributed by atoms with Gasteiger partial charge in [0.15, 0.2) is 11.5 Å². The molecule has 1 N–H and O–H groups in total. The first kappa shape index (κ1) is 21.6. The van der Waals surface area contributed by atoms with Gasteiger partial charge in [-0.05, 0) is 48.4 Å². The molecule has 7 rings (SSSR count). The molecule has 184 valence electrons. The molecule has 8 heteroatoms. The molecular formula is C29H24N4O4. The van der Waals surface area contributed by atoms with E-state index in [-0.39, 0.29) is 24.1 Å². The van der Waals surface area contributed by atoms with Crippen molar-refractivity contribution in [2.75, 3.05) is 12.1 Å². The largest absolute Gasteiger partial charge is 0.454 e. The Morgan fingerprint density at radius 1 is 0.892 bits per heavy atom. The second-order valence-corrected chi connectivity index (χ2v) is 9.58. The molecule has 4 heterocycles. The van der Waals surface area contributed by atoms with Crippen molar-refractivity contribution in [2.24, 2.45) is 14.1 Å². The molecular weight excluding hydrogens is 468 g/mol. The highest BCUT2D eigenvalue weighted by atomic mass is 16.7. The Morgan fingerprint density at radius 2 is 1.70 bits per heavy atom. The van der Waals surface area contributed by atoms with Crippen molar-refractivity contribution in [2.45, 2.75) is 13.0 Å². The number of rotatable bonds is 2. The maximum atomic E-state index is 13.8. The molecule has 0 bridgehead atoms. The minimum absolute atomic E-state index is 0.182. The number of anilines is 1. The number of nitrogens with zero attached hydrogens (tertiary/aromatic N) is 3. The number of fused-ring (bicyclic) bond motifs is 6. The number of aromatic nitrogens is 3. The van der Waals surface area contributed by atoms with Crippen LogP contribution in [0.2, 0.25) is 0 Å². The summed E-state index contributed by atoms with van der Waals surface area (Å²) in [5.74, 6) is 1.37. The van der Waals surface area contributed by atoms with Crippen LogP contribution < -0.4 is 26.0 Å². The van der Waals surface area contributed by atoms with Crippen molar-refractivity contribution in [1.29, 1.82) is 0 Å². The molecule has 0 spiro atoms. The maximum Gasteiger partial charge on any atom is 0.331 e. The molecule has 0 radical (unpaired) electrons. The molecule has 2 aromatic heterocycles. The van der Waals surface area contributed by atoms with Gasteiger partial charge in [0.1, 0.15) is 0 Å². The van der Waals surface area contributed by atoms with Gasteiger partial charge in [0.25, 0.3) is 5.56 Å². The molecule has 0 aliphatic carbocycles. The minimum atomic E-state index is -0.370. The SMILES string of the molecule is Cc1cccc(-c2c3c(=O)n(C)c(=O)n(C)c3c3n2-c2ccccc2N[C@@H]3c2ccc3c(c2)OCO3)c1. The van der Waals surface area contributed by atoms with E-state index in [0.29, 0.717) is 22.4 Å². The number of benzene rings is 3. The van der Waals surface area contributed by atoms with Crippen LogP contribution in [0.4, 0.5) is 5.69 Å². The Kier molecular flexibility index (Phi) is 4.45. The van der Waals surface area contributed by atoms with Crippen LogP contribution in [0.1, 0.15) is 22.9 Å². The zero-order valence-corrected chi connectivity index (χ0v) is 20.6. The minimum Gasteiger partial charge on any atom is -0.454 e. The van der Waals surface area contributed by atoms with E-state index in [2.05, 4.69) is 16.0 Å². The van der Waals surface area contributed by atoms with Crippen LogP contribution in [-0.4, -0.2) is 20.5 Å². The van der Waals surface area contributed by atoms with E-state index >= 15 is 0 Å². The Labute approximate surface area is 211 Å². The summed E-state index contributed by atoms with van der Waals surface area (Å²) in [5.41, 5.74) is 6.27. The second-order valence-electron chi connectivity index (χ2n) is 9.58. The Balaban J connectivity index is 1.68. The molecule has 5 aromatic rings. The van der Waals surface area contributed by atoms with Crippen molar-refractivity contribution in [3.8, 4) is 28.4 Å². The number of hydrogen-bond donors (Lipinski definition) is 1. The number of para-hydroxylation sites is 2. The van der Waals surface area contributed by atoms with Gasteiger partial charge in [-0.1, -0.05) is 42.0 Å². The summed E-state index contributed by atoms with van der Waals surface area (Å²) in [6.07, 6.45) is 0. The smallest absolute Gasteiger partial charge is 0.331 e. The van der Waals surface area contributed by atoms with Crippen LogP contribution in [0.5, 0.6) is 11.5 Å². The zero-order chi connectivity index (χ0) is 25.4. The molecule has 0 fully saturated rings. The highest BCUT2D eigenvalue weighted by Gasteiger charge is 2.35. The summed E-state index contributed by atoms with van der Waals surface area (Å²) < 4.78 is 16.1. The standard InChI is InChI=1S/C29H24N4O4/c1-16-7-6-8-18(13-16)25-23-26(31(2)29(35)32(3)28(23)34)27-24(17-11-12-21-22(14-17)37-15-36-21)30-19-9-4-5-10-20(19)33(25)27/h4-14,24,30H,15H2,1-3H3/t24-/m1/s1. The van der Waals surface area contributed by atoms with Crippen LogP contribution in [-0.2, 0) is 14.1 Å². The van der Waals surface area contributed by atoms with Gasteiger partial charge in [-0.15, -0.1) is 0 Å². The Morgan fingerprint density at radius 3 is 2.54 bits per heavy atom. The van der Waals surface area contributed by atoms with Gasteiger partial charge < -0.3 is 19.4 Å². The van der Waals surface area contributed by atoms with Crippen LogP contribution in [0.3, 0.4) is 0 Å². The lowest BCUT2D eigenvalue weighted by Crippen LogP contribution is -2.37. The molecule has 2 aliphatic rings. The topological polar surface area (TPSA) is 79.4 Å². The first-order chi connectivity index (χ1) is 17.9. The highest BCUT2D eigenvalue weighted by Crippen LogP contribution is 2.46. The summed E-state index contributed by atoms with van der Waals surface area (Å²) in [7, 11) is 3.25. The van der Waals surface area contributed by atoms with Crippen molar-refractivity contribution in [3.05, 3.63) is 104 Å². The van der Waals surface area contributed by atoms with E-state index in [1.165, 1.54) is 11.6 Å². The van der Waals surface area contributed by atoms with E-state index in [0.717, 1.165) is 39.5 Å². The van der Waals surface area contributed by atoms with Crippen LogP contribution in [0.15, 0.2) is 76.3 Å². The van der Waals surface area contributed by atoms with Crippen LogP contribution in [0.25, 0.3) is 27.8 Å². The van der Waals surface area contributed by atoms with Gasteiger partial charge in [-0.25, -0.2) is 4.79 Å². The predicted molar refractivity (Wildman–Crippen MR) is 142 cm³/mol. The maximum absolute atomic E-state index is 13.8. The first-order valence-electron chi connectivity index (χ1n) is 12.1. The van der Waals surface area contributed by atoms with Crippen molar-refractivity contribution < 1.29 is 9.47 Å². The lowest BCUT2D eigenvalue weighted by atomic mass is 9.99. The molecule has 0 saturated carbocycles.